The molecule has 156 valence electrons. The van der Waals surface area contributed by atoms with Crippen molar-refractivity contribution in [3.05, 3.63) is 53.6 Å². The van der Waals surface area contributed by atoms with Crippen LogP contribution in [0.15, 0.2) is 52.3 Å². The SMILES string of the molecule is CCN(CC)S(=O)(=O)c1cc(C(=O)NC2CCSc3ccccc32)ccc1OC. The van der Waals surface area contributed by atoms with E-state index < -0.39 is 10.0 Å². The van der Waals surface area contributed by atoms with Gasteiger partial charge in [0, 0.05) is 29.3 Å². The summed E-state index contributed by atoms with van der Waals surface area (Å²) in [7, 11) is -2.33. The first-order valence-electron chi connectivity index (χ1n) is 9.63. The number of hydrogen-bond donors (Lipinski definition) is 1. The average molecular weight is 435 g/mol. The highest BCUT2D eigenvalue weighted by molar-refractivity contribution is 7.99. The summed E-state index contributed by atoms with van der Waals surface area (Å²) in [4.78, 5) is 14.1. The van der Waals surface area contributed by atoms with Crippen molar-refractivity contribution in [1.82, 2.24) is 9.62 Å². The van der Waals surface area contributed by atoms with Crippen molar-refractivity contribution in [2.45, 2.75) is 36.1 Å². The van der Waals surface area contributed by atoms with E-state index in [1.54, 1.807) is 31.7 Å². The third kappa shape index (κ3) is 4.44. The number of amides is 1. The van der Waals surface area contributed by atoms with Crippen LogP contribution in [0.4, 0.5) is 0 Å². The van der Waals surface area contributed by atoms with Crippen LogP contribution in [-0.2, 0) is 10.0 Å². The number of rotatable bonds is 7. The summed E-state index contributed by atoms with van der Waals surface area (Å²) in [6.45, 7) is 4.25. The first-order chi connectivity index (χ1) is 13.9. The zero-order valence-electron chi connectivity index (χ0n) is 16.8. The maximum absolute atomic E-state index is 13.0. The molecule has 0 fully saturated rings. The maximum Gasteiger partial charge on any atom is 0.251 e. The summed E-state index contributed by atoms with van der Waals surface area (Å²) in [6, 6.07) is 12.5. The minimum atomic E-state index is -3.76. The van der Waals surface area contributed by atoms with Crippen molar-refractivity contribution in [1.29, 1.82) is 0 Å². The number of benzene rings is 2. The van der Waals surface area contributed by atoms with Gasteiger partial charge in [-0.05, 0) is 36.2 Å². The summed E-state index contributed by atoms with van der Waals surface area (Å²) in [5, 5.41) is 3.06. The number of nitrogens with zero attached hydrogens (tertiary/aromatic N) is 1. The Morgan fingerprint density at radius 1 is 1.21 bits per heavy atom. The number of ether oxygens (including phenoxy) is 1. The molecular weight excluding hydrogens is 408 g/mol. The van der Waals surface area contributed by atoms with Gasteiger partial charge in [-0.25, -0.2) is 8.42 Å². The van der Waals surface area contributed by atoms with E-state index in [1.807, 2.05) is 18.2 Å². The quantitative estimate of drug-likeness (QED) is 0.719. The number of fused-ring (bicyclic) bond motifs is 1. The number of nitrogens with one attached hydrogen (secondary N) is 1. The van der Waals surface area contributed by atoms with E-state index in [-0.39, 0.29) is 22.6 Å². The van der Waals surface area contributed by atoms with Crippen LogP contribution in [0.25, 0.3) is 0 Å². The Bertz CT molecular complexity index is 988. The molecule has 0 aromatic heterocycles. The number of methoxy groups -OCH3 is 1. The Labute approximate surface area is 176 Å². The number of thioether (sulfide) groups is 1. The number of carbonyl (C=O) groups is 1. The smallest absolute Gasteiger partial charge is 0.251 e. The van der Waals surface area contributed by atoms with E-state index >= 15 is 0 Å². The van der Waals surface area contributed by atoms with Gasteiger partial charge in [0.2, 0.25) is 10.0 Å². The van der Waals surface area contributed by atoms with E-state index in [1.165, 1.54) is 28.4 Å². The summed E-state index contributed by atoms with van der Waals surface area (Å²) in [5.74, 6) is 0.856. The lowest BCUT2D eigenvalue weighted by molar-refractivity contribution is 0.0934. The molecule has 1 aliphatic heterocycles. The molecule has 0 radical (unpaired) electrons. The van der Waals surface area contributed by atoms with E-state index in [0.29, 0.717) is 18.7 Å². The fourth-order valence-electron chi connectivity index (χ4n) is 3.46. The van der Waals surface area contributed by atoms with Gasteiger partial charge in [0.1, 0.15) is 10.6 Å². The van der Waals surface area contributed by atoms with Gasteiger partial charge >= 0.3 is 0 Å². The molecule has 1 atom stereocenters. The van der Waals surface area contributed by atoms with E-state index in [0.717, 1.165) is 17.7 Å². The Morgan fingerprint density at radius 2 is 1.93 bits per heavy atom. The molecule has 0 bridgehead atoms. The molecule has 0 saturated heterocycles. The van der Waals surface area contributed by atoms with Gasteiger partial charge in [-0.1, -0.05) is 32.0 Å². The fraction of sp³-hybridized carbons (Fsp3) is 0.381. The van der Waals surface area contributed by atoms with Crippen molar-refractivity contribution in [2.75, 3.05) is 26.0 Å². The normalized spacial score (nSPS) is 16.3. The predicted molar refractivity (Wildman–Crippen MR) is 115 cm³/mol. The Hall–Kier alpha value is -2.03. The lowest BCUT2D eigenvalue weighted by atomic mass is 10.0. The summed E-state index contributed by atoms with van der Waals surface area (Å²) in [6.07, 6.45) is 0.828. The van der Waals surface area contributed by atoms with Crippen LogP contribution >= 0.6 is 11.8 Å². The van der Waals surface area contributed by atoms with E-state index in [4.69, 9.17) is 4.74 Å². The number of carbonyl (C=O) groups excluding carboxylic acids is 1. The van der Waals surface area contributed by atoms with Gasteiger partial charge in [-0.2, -0.15) is 4.31 Å². The number of sulfonamides is 1. The third-order valence-electron chi connectivity index (χ3n) is 5.01. The van der Waals surface area contributed by atoms with Gasteiger partial charge in [-0.3, -0.25) is 4.79 Å². The van der Waals surface area contributed by atoms with E-state index in [9.17, 15) is 13.2 Å². The Morgan fingerprint density at radius 3 is 2.62 bits per heavy atom. The van der Waals surface area contributed by atoms with Crippen molar-refractivity contribution in [3.63, 3.8) is 0 Å². The van der Waals surface area contributed by atoms with Crippen molar-refractivity contribution in [2.24, 2.45) is 0 Å². The first-order valence-corrected chi connectivity index (χ1v) is 12.1. The fourth-order valence-corrected chi connectivity index (χ4v) is 6.22. The molecule has 1 amide bonds. The standard InChI is InChI=1S/C21H26N2O4S2/c1-4-23(5-2)29(25,26)20-14-15(10-11-18(20)27-3)21(24)22-17-12-13-28-19-9-7-6-8-16(17)19/h6-11,14,17H,4-5,12-13H2,1-3H3,(H,22,24). The molecule has 1 heterocycles. The molecule has 1 N–H and O–H groups in total. The van der Waals surface area contributed by atoms with Gasteiger partial charge in [-0.15, -0.1) is 11.8 Å². The Balaban J connectivity index is 1.91. The molecule has 0 saturated carbocycles. The highest BCUT2D eigenvalue weighted by Gasteiger charge is 2.28. The largest absolute Gasteiger partial charge is 0.495 e. The third-order valence-corrected chi connectivity index (χ3v) is 8.21. The summed E-state index contributed by atoms with van der Waals surface area (Å²) < 4.78 is 32.6. The zero-order chi connectivity index (χ0) is 21.0. The van der Waals surface area contributed by atoms with Crippen LogP contribution in [0.3, 0.4) is 0 Å². The maximum atomic E-state index is 13.0. The second-order valence-electron chi connectivity index (χ2n) is 6.66. The van der Waals surface area contributed by atoms with Gasteiger partial charge in [0.05, 0.1) is 13.2 Å². The van der Waals surface area contributed by atoms with Crippen molar-refractivity contribution < 1.29 is 17.9 Å². The first kappa shape index (κ1) is 21.7. The predicted octanol–water partition coefficient (Wildman–Crippen LogP) is 3.69. The van der Waals surface area contributed by atoms with Gasteiger partial charge < -0.3 is 10.1 Å². The second-order valence-corrected chi connectivity index (χ2v) is 9.70. The minimum Gasteiger partial charge on any atom is -0.495 e. The van der Waals surface area contributed by atoms with Gasteiger partial charge in [0.25, 0.3) is 5.91 Å². The molecule has 2 aromatic carbocycles. The molecule has 1 aliphatic rings. The van der Waals surface area contributed by atoms with Crippen molar-refractivity contribution in [3.8, 4) is 5.75 Å². The summed E-state index contributed by atoms with van der Waals surface area (Å²) >= 11 is 1.78. The van der Waals surface area contributed by atoms with Crippen LogP contribution in [-0.4, -0.2) is 44.6 Å². The van der Waals surface area contributed by atoms with Crippen LogP contribution in [0.2, 0.25) is 0 Å². The molecule has 0 aliphatic carbocycles. The Kier molecular flexibility index (Phi) is 6.87. The molecule has 29 heavy (non-hydrogen) atoms. The highest BCUT2D eigenvalue weighted by Crippen LogP contribution is 2.36. The molecule has 8 heteroatoms. The molecule has 1 unspecified atom stereocenters. The molecular formula is C21H26N2O4S2. The average Bonchev–Trinajstić information content (AvgIpc) is 2.74. The molecule has 6 nitrogen and oxygen atoms in total. The monoisotopic (exact) mass is 434 g/mol. The topological polar surface area (TPSA) is 75.7 Å². The van der Waals surface area contributed by atoms with Crippen LogP contribution < -0.4 is 10.1 Å². The van der Waals surface area contributed by atoms with Crippen LogP contribution in [0.5, 0.6) is 5.75 Å². The number of hydrogen-bond acceptors (Lipinski definition) is 5. The second kappa shape index (κ2) is 9.19. The van der Waals surface area contributed by atoms with Crippen molar-refractivity contribution >= 4 is 27.7 Å². The lowest BCUT2D eigenvalue weighted by Crippen LogP contribution is -2.32. The van der Waals surface area contributed by atoms with E-state index in [2.05, 4.69) is 11.4 Å². The highest BCUT2D eigenvalue weighted by atomic mass is 32.2. The lowest BCUT2D eigenvalue weighted by Gasteiger charge is -2.26. The minimum absolute atomic E-state index is 0.0101. The summed E-state index contributed by atoms with van der Waals surface area (Å²) in [5.41, 5.74) is 1.40. The zero-order valence-corrected chi connectivity index (χ0v) is 18.5. The molecule has 2 aromatic rings. The van der Waals surface area contributed by atoms with Crippen LogP contribution in [0, 0.1) is 0 Å². The van der Waals surface area contributed by atoms with Crippen LogP contribution in [0.1, 0.15) is 42.2 Å². The molecule has 0 spiro atoms. The van der Waals surface area contributed by atoms with Gasteiger partial charge in [0.15, 0.2) is 0 Å². The molecule has 3 rings (SSSR count).